The highest BCUT2D eigenvalue weighted by Crippen LogP contribution is 2.41. The third-order valence-corrected chi connectivity index (χ3v) is 7.35. The van der Waals surface area contributed by atoms with Crippen molar-refractivity contribution in [2.45, 2.75) is 31.1 Å². The van der Waals surface area contributed by atoms with Crippen LogP contribution in [0.15, 0.2) is 53.4 Å². The van der Waals surface area contributed by atoms with Gasteiger partial charge in [-0.05, 0) is 52.9 Å². The molecule has 1 N–H and O–H groups in total. The third-order valence-electron chi connectivity index (χ3n) is 5.99. The molecule has 0 heterocycles. The first-order valence-corrected chi connectivity index (χ1v) is 13.3. The maximum Gasteiger partial charge on any atom is 0.262 e. The molecule has 0 spiro atoms. The van der Waals surface area contributed by atoms with E-state index in [-0.39, 0.29) is 21.7 Å². The molecule has 0 saturated heterocycles. The van der Waals surface area contributed by atoms with Crippen LogP contribution in [0.3, 0.4) is 0 Å². The number of methoxy groups -OCH3 is 5. The van der Waals surface area contributed by atoms with Crippen molar-refractivity contribution in [1.82, 2.24) is 0 Å². The molecule has 38 heavy (non-hydrogen) atoms. The fraction of sp³-hybridized carbons (Fsp3) is 0.310. The van der Waals surface area contributed by atoms with Crippen LogP contribution in [0.2, 0.25) is 0 Å². The van der Waals surface area contributed by atoms with E-state index in [1.807, 2.05) is 18.2 Å². The normalized spacial score (nSPS) is 11.8. The van der Waals surface area contributed by atoms with Crippen LogP contribution >= 0.6 is 0 Å². The van der Waals surface area contributed by atoms with E-state index in [1.54, 1.807) is 56.7 Å². The van der Waals surface area contributed by atoms with Crippen LogP contribution in [-0.4, -0.2) is 44.0 Å². The van der Waals surface area contributed by atoms with E-state index in [2.05, 4.69) is 25.5 Å². The highest BCUT2D eigenvalue weighted by atomic mass is 32.2. The number of benzene rings is 3. The summed E-state index contributed by atoms with van der Waals surface area (Å²) in [5, 5.41) is 0. The summed E-state index contributed by atoms with van der Waals surface area (Å²) in [7, 11) is 3.63. The fourth-order valence-electron chi connectivity index (χ4n) is 3.90. The first kappa shape index (κ1) is 28.7. The molecule has 204 valence electrons. The van der Waals surface area contributed by atoms with E-state index in [0.717, 1.165) is 11.1 Å². The van der Waals surface area contributed by atoms with Gasteiger partial charge in [0.1, 0.15) is 5.69 Å². The molecule has 0 fully saturated rings. The Bertz CT molecular complexity index is 1380. The minimum Gasteiger partial charge on any atom is -0.493 e. The molecule has 0 amide bonds. The summed E-state index contributed by atoms with van der Waals surface area (Å²) in [5.41, 5.74) is 2.49. The van der Waals surface area contributed by atoms with Crippen LogP contribution in [0.5, 0.6) is 28.7 Å². The van der Waals surface area contributed by atoms with Gasteiger partial charge in [-0.2, -0.15) is 0 Å². The molecule has 0 aliphatic rings. The van der Waals surface area contributed by atoms with Crippen molar-refractivity contribution in [3.8, 4) is 28.7 Å². The van der Waals surface area contributed by atoms with Gasteiger partial charge in [-0.15, -0.1) is 0 Å². The molecule has 0 aliphatic heterocycles. The van der Waals surface area contributed by atoms with Crippen LogP contribution in [-0.2, 0) is 15.4 Å². The zero-order chi connectivity index (χ0) is 28.1. The van der Waals surface area contributed by atoms with Crippen molar-refractivity contribution in [2.75, 3.05) is 40.3 Å². The fourth-order valence-corrected chi connectivity index (χ4v) is 4.99. The van der Waals surface area contributed by atoms with Crippen LogP contribution in [0, 0.1) is 0 Å². The van der Waals surface area contributed by atoms with E-state index in [1.165, 1.54) is 21.3 Å². The Hall–Kier alpha value is -3.85. The molecule has 9 heteroatoms. The van der Waals surface area contributed by atoms with Gasteiger partial charge < -0.3 is 23.7 Å². The molecule has 3 rings (SSSR count). The summed E-state index contributed by atoms with van der Waals surface area (Å²) in [6, 6.07) is 13.9. The van der Waals surface area contributed by atoms with E-state index in [9.17, 15) is 8.42 Å². The number of nitrogens with one attached hydrogen (secondary N) is 1. The third kappa shape index (κ3) is 6.16. The summed E-state index contributed by atoms with van der Waals surface area (Å²) >= 11 is 0. The lowest BCUT2D eigenvalue weighted by Gasteiger charge is -2.20. The summed E-state index contributed by atoms with van der Waals surface area (Å²) in [6.07, 6.45) is 3.57. The minimum absolute atomic E-state index is 0.101. The molecule has 0 unspecified atom stereocenters. The van der Waals surface area contributed by atoms with Crippen molar-refractivity contribution in [3.05, 3.63) is 65.2 Å². The number of anilines is 1. The second-order valence-electron chi connectivity index (χ2n) is 9.44. The van der Waals surface area contributed by atoms with E-state index >= 15 is 0 Å². The first-order chi connectivity index (χ1) is 18.0. The van der Waals surface area contributed by atoms with Crippen molar-refractivity contribution < 1.29 is 32.1 Å². The lowest BCUT2D eigenvalue weighted by molar-refractivity contribution is 0.324. The molecule has 3 aromatic rings. The number of ether oxygens (including phenoxy) is 5. The predicted molar refractivity (Wildman–Crippen MR) is 151 cm³/mol. The van der Waals surface area contributed by atoms with Gasteiger partial charge >= 0.3 is 0 Å². The van der Waals surface area contributed by atoms with Gasteiger partial charge in [0.15, 0.2) is 23.0 Å². The molecule has 0 atom stereocenters. The molecule has 0 bridgehead atoms. The van der Waals surface area contributed by atoms with Crippen LogP contribution < -0.4 is 28.4 Å². The van der Waals surface area contributed by atoms with Crippen molar-refractivity contribution in [3.63, 3.8) is 0 Å². The molecular weight excluding hydrogens is 506 g/mol. The van der Waals surface area contributed by atoms with Gasteiger partial charge in [0.25, 0.3) is 10.0 Å². The quantitative estimate of drug-likeness (QED) is 0.315. The molecule has 8 nitrogen and oxygen atoms in total. The first-order valence-electron chi connectivity index (χ1n) is 11.9. The minimum atomic E-state index is -3.94. The van der Waals surface area contributed by atoms with Gasteiger partial charge in [-0.1, -0.05) is 45.1 Å². The summed E-state index contributed by atoms with van der Waals surface area (Å²) in [6.45, 7) is 6.22. The predicted octanol–water partition coefficient (Wildman–Crippen LogP) is 6.00. The lowest BCUT2D eigenvalue weighted by Crippen LogP contribution is -2.16. The van der Waals surface area contributed by atoms with Crippen LogP contribution in [0.4, 0.5) is 5.69 Å². The van der Waals surface area contributed by atoms with Crippen LogP contribution in [0.1, 0.15) is 37.5 Å². The van der Waals surface area contributed by atoms with Crippen LogP contribution in [0.25, 0.3) is 12.2 Å². The molecule has 0 aliphatic carbocycles. The topological polar surface area (TPSA) is 92.3 Å². The van der Waals surface area contributed by atoms with E-state index < -0.39 is 10.0 Å². The van der Waals surface area contributed by atoms with Gasteiger partial charge in [-0.3, -0.25) is 4.72 Å². The summed E-state index contributed by atoms with van der Waals surface area (Å²) in [4.78, 5) is 0.134. The van der Waals surface area contributed by atoms with Gasteiger partial charge in [-0.25, -0.2) is 8.42 Å². The van der Waals surface area contributed by atoms with Gasteiger partial charge in [0.2, 0.25) is 5.75 Å². The number of hydrogen-bond acceptors (Lipinski definition) is 7. The van der Waals surface area contributed by atoms with E-state index in [0.29, 0.717) is 28.6 Å². The Morgan fingerprint density at radius 1 is 0.684 bits per heavy atom. The molecule has 0 saturated carbocycles. The monoisotopic (exact) mass is 541 g/mol. The molecule has 3 aromatic carbocycles. The second-order valence-corrected chi connectivity index (χ2v) is 11.1. The largest absolute Gasteiger partial charge is 0.493 e. The maximum atomic E-state index is 13.4. The average molecular weight is 542 g/mol. The Morgan fingerprint density at radius 2 is 1.24 bits per heavy atom. The summed E-state index contributed by atoms with van der Waals surface area (Å²) < 4.78 is 56.8. The number of rotatable bonds is 10. The maximum absolute atomic E-state index is 13.4. The number of hydrogen-bond donors (Lipinski definition) is 1. The molecule has 0 radical (unpaired) electrons. The van der Waals surface area contributed by atoms with Crippen molar-refractivity contribution in [1.29, 1.82) is 0 Å². The van der Waals surface area contributed by atoms with Gasteiger partial charge in [0.05, 0.1) is 40.4 Å². The Kier molecular flexibility index (Phi) is 8.83. The smallest absolute Gasteiger partial charge is 0.262 e. The Labute approximate surface area is 225 Å². The highest BCUT2D eigenvalue weighted by Gasteiger charge is 2.22. The Balaban J connectivity index is 2.08. The Morgan fingerprint density at radius 3 is 1.71 bits per heavy atom. The van der Waals surface area contributed by atoms with Crippen molar-refractivity contribution in [2.24, 2.45) is 0 Å². The lowest BCUT2D eigenvalue weighted by atomic mass is 9.87. The second kappa shape index (κ2) is 11.7. The number of sulfonamides is 1. The zero-order valence-electron chi connectivity index (χ0n) is 23.0. The van der Waals surface area contributed by atoms with Gasteiger partial charge in [0, 0.05) is 5.56 Å². The average Bonchev–Trinajstić information content (AvgIpc) is 2.90. The van der Waals surface area contributed by atoms with Crippen molar-refractivity contribution >= 4 is 27.9 Å². The highest BCUT2D eigenvalue weighted by molar-refractivity contribution is 7.92. The summed E-state index contributed by atoms with van der Waals surface area (Å²) in [5.74, 6) is 2.12. The standard InChI is InChI=1S/C29H35NO7S/c1-29(2,3)21-12-14-22(15-13-21)38(31,32)30-26-20(11-16-23(33-4)28(26)37-8)10-9-19-17-24(34-5)27(36-7)25(18-19)35-6/h9-18,30H,1-8H3. The van der Waals surface area contributed by atoms with E-state index in [4.69, 9.17) is 23.7 Å². The zero-order valence-corrected chi connectivity index (χ0v) is 23.9. The molecule has 0 aromatic heterocycles. The SMILES string of the molecule is COc1cc(C=Cc2ccc(OC)c(OC)c2NS(=O)(=O)c2ccc(C(C)(C)C)cc2)cc(OC)c1OC. The molecular formula is C29H35NO7S.